The third-order valence-electron chi connectivity index (χ3n) is 4.96. The summed E-state index contributed by atoms with van der Waals surface area (Å²) in [5.41, 5.74) is 1.11. The minimum atomic E-state index is -1.19. The molecule has 0 spiro atoms. The molecule has 0 aliphatic carbocycles. The molecule has 1 aliphatic heterocycles. The highest BCUT2D eigenvalue weighted by molar-refractivity contribution is 5.93. The molecule has 2 heterocycles. The first kappa shape index (κ1) is 18.2. The van der Waals surface area contributed by atoms with Crippen LogP contribution in [-0.4, -0.2) is 33.9 Å². The van der Waals surface area contributed by atoms with Gasteiger partial charge in [0.2, 0.25) is 0 Å². The van der Waals surface area contributed by atoms with Crippen molar-refractivity contribution in [2.75, 3.05) is 13.2 Å². The summed E-state index contributed by atoms with van der Waals surface area (Å²) in [6, 6.07) is 14.8. The number of hydrogen-bond donors (Lipinski definition) is 2. The second-order valence-electron chi connectivity index (χ2n) is 6.85. The Morgan fingerprint density at radius 2 is 2.04 bits per heavy atom. The predicted molar refractivity (Wildman–Crippen MR) is 101 cm³/mol. The molecule has 0 bridgehead atoms. The number of para-hydroxylation sites is 1. The molecule has 1 amide bonds. The summed E-state index contributed by atoms with van der Waals surface area (Å²) in [4.78, 5) is 12.7. The van der Waals surface area contributed by atoms with E-state index in [0.717, 1.165) is 0 Å². The SMILES string of the molecule is Cn1nc(-c2ccc(F)cc2)cc1C(=O)NC[C@@]1(O)CCOc2ccccc21. The van der Waals surface area contributed by atoms with Gasteiger partial charge in [-0.15, -0.1) is 0 Å². The van der Waals surface area contributed by atoms with Gasteiger partial charge in [0.1, 0.15) is 22.9 Å². The monoisotopic (exact) mass is 381 g/mol. The number of carbonyl (C=O) groups is 1. The second kappa shape index (κ2) is 7.09. The Kier molecular flexibility index (Phi) is 4.60. The predicted octanol–water partition coefficient (Wildman–Crippen LogP) is 2.63. The first-order valence-electron chi connectivity index (χ1n) is 8.99. The van der Waals surface area contributed by atoms with Gasteiger partial charge in [0.15, 0.2) is 0 Å². The normalized spacial score (nSPS) is 18.2. The average Bonchev–Trinajstić information content (AvgIpc) is 3.09. The van der Waals surface area contributed by atoms with E-state index in [0.29, 0.717) is 41.3 Å². The van der Waals surface area contributed by atoms with Gasteiger partial charge in [-0.3, -0.25) is 9.48 Å². The van der Waals surface area contributed by atoms with Gasteiger partial charge in [0.25, 0.3) is 5.91 Å². The number of hydrogen-bond acceptors (Lipinski definition) is 4. The molecule has 1 atom stereocenters. The Bertz CT molecular complexity index is 1020. The van der Waals surface area contributed by atoms with E-state index in [9.17, 15) is 14.3 Å². The van der Waals surface area contributed by atoms with E-state index in [-0.39, 0.29) is 18.3 Å². The third-order valence-corrected chi connectivity index (χ3v) is 4.96. The van der Waals surface area contributed by atoms with Crippen molar-refractivity contribution in [3.05, 3.63) is 71.7 Å². The second-order valence-corrected chi connectivity index (χ2v) is 6.85. The summed E-state index contributed by atoms with van der Waals surface area (Å²) in [6.07, 6.45) is 0.385. The number of fused-ring (bicyclic) bond motifs is 1. The van der Waals surface area contributed by atoms with Gasteiger partial charge < -0.3 is 15.2 Å². The van der Waals surface area contributed by atoms with Crippen molar-refractivity contribution in [1.82, 2.24) is 15.1 Å². The molecule has 0 fully saturated rings. The molecule has 1 aliphatic rings. The molecule has 7 heteroatoms. The molecule has 3 aromatic rings. The molecule has 0 saturated heterocycles. The Morgan fingerprint density at radius 1 is 1.29 bits per heavy atom. The summed E-state index contributed by atoms with van der Waals surface area (Å²) in [5, 5.41) is 18.2. The lowest BCUT2D eigenvalue weighted by molar-refractivity contribution is -0.00168. The van der Waals surface area contributed by atoms with E-state index in [1.807, 2.05) is 12.1 Å². The number of aromatic nitrogens is 2. The zero-order valence-electron chi connectivity index (χ0n) is 15.4. The highest BCUT2D eigenvalue weighted by atomic mass is 19.1. The van der Waals surface area contributed by atoms with Crippen LogP contribution in [0.2, 0.25) is 0 Å². The fourth-order valence-electron chi connectivity index (χ4n) is 3.38. The van der Waals surface area contributed by atoms with Crippen LogP contribution < -0.4 is 10.1 Å². The maximum absolute atomic E-state index is 13.1. The van der Waals surface area contributed by atoms with Crippen LogP contribution in [0, 0.1) is 5.82 Å². The zero-order chi connectivity index (χ0) is 19.7. The smallest absolute Gasteiger partial charge is 0.269 e. The topological polar surface area (TPSA) is 76.4 Å². The Morgan fingerprint density at radius 3 is 2.82 bits per heavy atom. The van der Waals surface area contributed by atoms with E-state index in [1.54, 1.807) is 37.4 Å². The summed E-state index contributed by atoms with van der Waals surface area (Å²) >= 11 is 0. The number of nitrogens with one attached hydrogen (secondary N) is 1. The highest BCUT2D eigenvalue weighted by Crippen LogP contribution is 2.36. The minimum Gasteiger partial charge on any atom is -0.493 e. The van der Waals surface area contributed by atoms with Crippen LogP contribution in [0.15, 0.2) is 54.6 Å². The van der Waals surface area contributed by atoms with Gasteiger partial charge in [0, 0.05) is 24.6 Å². The van der Waals surface area contributed by atoms with Crippen molar-refractivity contribution >= 4 is 5.91 Å². The molecule has 28 heavy (non-hydrogen) atoms. The molecule has 144 valence electrons. The number of benzene rings is 2. The van der Waals surface area contributed by atoms with Gasteiger partial charge in [0.05, 0.1) is 18.8 Å². The Labute approximate surface area is 161 Å². The molecular weight excluding hydrogens is 361 g/mol. The fraction of sp³-hybridized carbons (Fsp3) is 0.238. The lowest BCUT2D eigenvalue weighted by Crippen LogP contribution is -2.44. The highest BCUT2D eigenvalue weighted by Gasteiger charge is 2.36. The van der Waals surface area contributed by atoms with Gasteiger partial charge in [-0.2, -0.15) is 5.10 Å². The number of nitrogens with zero attached hydrogens (tertiary/aromatic N) is 2. The van der Waals surface area contributed by atoms with Crippen LogP contribution in [0.25, 0.3) is 11.3 Å². The van der Waals surface area contributed by atoms with Gasteiger partial charge in [-0.05, 0) is 36.4 Å². The third kappa shape index (κ3) is 3.36. The minimum absolute atomic E-state index is 0.0588. The Hall–Kier alpha value is -3.19. The standard InChI is InChI=1S/C21H20FN3O3/c1-25-18(12-17(24-25)14-6-8-15(22)9-7-14)20(26)23-13-21(27)10-11-28-19-5-3-2-4-16(19)21/h2-9,12,27H,10-11,13H2,1H3,(H,23,26)/t21-/m0/s1. The van der Waals surface area contributed by atoms with Crippen molar-refractivity contribution in [2.45, 2.75) is 12.0 Å². The van der Waals surface area contributed by atoms with E-state index in [1.165, 1.54) is 16.8 Å². The van der Waals surface area contributed by atoms with Crippen molar-refractivity contribution < 1.29 is 19.0 Å². The summed E-state index contributed by atoms with van der Waals surface area (Å²) in [6.45, 7) is 0.438. The van der Waals surface area contributed by atoms with Crippen molar-refractivity contribution in [2.24, 2.45) is 7.05 Å². The summed E-state index contributed by atoms with van der Waals surface area (Å²) in [7, 11) is 1.67. The molecule has 1 aromatic heterocycles. The maximum Gasteiger partial charge on any atom is 0.269 e. The average molecular weight is 381 g/mol. The van der Waals surface area contributed by atoms with Crippen LogP contribution >= 0.6 is 0 Å². The molecular formula is C21H20FN3O3. The van der Waals surface area contributed by atoms with Gasteiger partial charge in [-0.1, -0.05) is 18.2 Å². The number of aryl methyl sites for hydroxylation is 1. The Balaban J connectivity index is 1.51. The summed E-state index contributed by atoms with van der Waals surface area (Å²) in [5.74, 6) is -0.0481. The molecule has 4 rings (SSSR count). The molecule has 2 N–H and O–H groups in total. The van der Waals surface area contributed by atoms with Crippen molar-refractivity contribution in [1.29, 1.82) is 0 Å². The maximum atomic E-state index is 13.1. The van der Waals surface area contributed by atoms with Crippen LogP contribution in [0.1, 0.15) is 22.5 Å². The fourth-order valence-corrected chi connectivity index (χ4v) is 3.38. The number of halogens is 1. The quantitative estimate of drug-likeness (QED) is 0.729. The molecule has 6 nitrogen and oxygen atoms in total. The van der Waals surface area contributed by atoms with Crippen LogP contribution in [0.3, 0.4) is 0 Å². The zero-order valence-corrected chi connectivity index (χ0v) is 15.4. The van der Waals surface area contributed by atoms with Gasteiger partial charge >= 0.3 is 0 Å². The molecule has 2 aromatic carbocycles. The first-order chi connectivity index (χ1) is 13.5. The summed E-state index contributed by atoms with van der Waals surface area (Å²) < 4.78 is 20.2. The molecule has 0 unspecified atom stereocenters. The number of amides is 1. The lowest BCUT2D eigenvalue weighted by atomic mass is 9.88. The first-order valence-corrected chi connectivity index (χ1v) is 8.99. The van der Waals surface area contributed by atoms with Crippen molar-refractivity contribution in [3.63, 3.8) is 0 Å². The number of ether oxygens (including phenoxy) is 1. The van der Waals surface area contributed by atoms with E-state index < -0.39 is 5.60 Å². The van der Waals surface area contributed by atoms with E-state index in [2.05, 4.69) is 10.4 Å². The van der Waals surface area contributed by atoms with E-state index in [4.69, 9.17) is 4.74 Å². The van der Waals surface area contributed by atoms with Crippen LogP contribution in [0.4, 0.5) is 4.39 Å². The lowest BCUT2D eigenvalue weighted by Gasteiger charge is -2.34. The number of carbonyl (C=O) groups excluding carboxylic acids is 1. The molecule has 0 saturated carbocycles. The largest absolute Gasteiger partial charge is 0.493 e. The molecule has 0 radical (unpaired) electrons. The number of rotatable bonds is 4. The van der Waals surface area contributed by atoms with Gasteiger partial charge in [-0.25, -0.2) is 4.39 Å². The van der Waals surface area contributed by atoms with Crippen molar-refractivity contribution in [3.8, 4) is 17.0 Å². The van der Waals surface area contributed by atoms with E-state index >= 15 is 0 Å². The number of aliphatic hydroxyl groups is 1. The van der Waals surface area contributed by atoms with Crippen LogP contribution in [0.5, 0.6) is 5.75 Å². The van der Waals surface area contributed by atoms with Crippen LogP contribution in [-0.2, 0) is 12.6 Å².